The highest BCUT2D eigenvalue weighted by atomic mass is 16.5. The summed E-state index contributed by atoms with van der Waals surface area (Å²) in [5.74, 6) is 0.878. The average Bonchev–Trinajstić information content (AvgIpc) is 2.56. The summed E-state index contributed by atoms with van der Waals surface area (Å²) < 4.78 is 16.2. The highest BCUT2D eigenvalue weighted by Crippen LogP contribution is 2.49. The van der Waals surface area contributed by atoms with Crippen LogP contribution >= 0.6 is 0 Å². The Morgan fingerprint density at radius 3 is 2.35 bits per heavy atom. The van der Waals surface area contributed by atoms with Gasteiger partial charge in [-0.25, -0.2) is 0 Å². The summed E-state index contributed by atoms with van der Waals surface area (Å²) in [5, 5.41) is 10.4. The lowest BCUT2D eigenvalue weighted by atomic mass is 9.93. The van der Waals surface area contributed by atoms with Crippen molar-refractivity contribution in [1.82, 2.24) is 0 Å². The van der Waals surface area contributed by atoms with E-state index < -0.39 is 0 Å². The second-order valence-corrected chi connectivity index (χ2v) is 4.88. The van der Waals surface area contributed by atoms with Crippen molar-refractivity contribution in [2.24, 2.45) is 0 Å². The number of hydrogen-bond acceptors (Lipinski definition) is 5. The summed E-state index contributed by atoms with van der Waals surface area (Å²) in [5.41, 5.74) is 2.10. The Morgan fingerprint density at radius 2 is 1.78 bits per heavy atom. The number of aldehydes is 1. The molecule has 2 aromatic carbocycles. The Balaban J connectivity index is 2.89. The van der Waals surface area contributed by atoms with Gasteiger partial charge in [0.1, 0.15) is 5.75 Å². The fourth-order valence-electron chi connectivity index (χ4n) is 2.65. The number of ether oxygens (including phenoxy) is 3. The Morgan fingerprint density at radius 1 is 1.13 bits per heavy atom. The Kier molecular flexibility index (Phi) is 5.11. The van der Waals surface area contributed by atoms with Crippen molar-refractivity contribution in [2.75, 3.05) is 20.8 Å². The predicted octanol–water partition coefficient (Wildman–Crippen LogP) is 3.60. The third kappa shape index (κ3) is 2.82. The number of hydrogen-bond donors (Lipinski definition) is 1. The maximum Gasteiger partial charge on any atom is 0.201 e. The summed E-state index contributed by atoms with van der Waals surface area (Å²) in [6, 6.07) is 7.31. The average molecular weight is 316 g/mol. The molecule has 1 N–H and O–H groups in total. The van der Waals surface area contributed by atoms with E-state index in [1.165, 1.54) is 14.2 Å². The van der Waals surface area contributed by atoms with E-state index in [9.17, 15) is 9.90 Å². The minimum atomic E-state index is -0.139. The molecule has 0 unspecified atom stereocenters. The molecule has 0 aliphatic carbocycles. The van der Waals surface area contributed by atoms with E-state index in [0.29, 0.717) is 34.6 Å². The molecule has 5 heteroatoms. The van der Waals surface area contributed by atoms with Gasteiger partial charge in [-0.1, -0.05) is 18.2 Å². The molecule has 0 heterocycles. The third-order valence-corrected chi connectivity index (χ3v) is 3.65. The first-order valence-electron chi connectivity index (χ1n) is 7.25. The van der Waals surface area contributed by atoms with Crippen LogP contribution in [0.4, 0.5) is 0 Å². The molecule has 0 aliphatic heterocycles. The molecule has 0 spiro atoms. The summed E-state index contributed by atoms with van der Waals surface area (Å²) in [4.78, 5) is 11.7. The molecule has 0 saturated carbocycles. The number of benzene rings is 2. The molecule has 0 aromatic heterocycles. The van der Waals surface area contributed by atoms with Crippen molar-refractivity contribution in [3.05, 3.63) is 35.4 Å². The minimum absolute atomic E-state index is 0.139. The predicted molar refractivity (Wildman–Crippen MR) is 87.9 cm³/mol. The number of phenols is 1. The molecule has 0 atom stereocenters. The molecular formula is C18H20O5. The van der Waals surface area contributed by atoms with Gasteiger partial charge in [-0.2, -0.15) is 0 Å². The van der Waals surface area contributed by atoms with Gasteiger partial charge in [0.25, 0.3) is 0 Å². The highest BCUT2D eigenvalue weighted by molar-refractivity contribution is 5.97. The van der Waals surface area contributed by atoms with Crippen LogP contribution in [0.1, 0.15) is 22.8 Å². The van der Waals surface area contributed by atoms with E-state index in [2.05, 4.69) is 0 Å². The molecule has 0 aliphatic rings. The van der Waals surface area contributed by atoms with Crippen LogP contribution in [0.3, 0.4) is 0 Å². The van der Waals surface area contributed by atoms with Gasteiger partial charge in [0.05, 0.1) is 20.8 Å². The van der Waals surface area contributed by atoms with E-state index >= 15 is 0 Å². The Hall–Kier alpha value is -2.69. The van der Waals surface area contributed by atoms with Gasteiger partial charge in [0.15, 0.2) is 17.8 Å². The van der Waals surface area contributed by atoms with Gasteiger partial charge in [0.2, 0.25) is 5.75 Å². The molecule has 23 heavy (non-hydrogen) atoms. The van der Waals surface area contributed by atoms with Gasteiger partial charge in [-0.15, -0.1) is 0 Å². The first kappa shape index (κ1) is 16.7. The zero-order chi connectivity index (χ0) is 17.0. The molecular weight excluding hydrogens is 296 g/mol. The lowest BCUT2D eigenvalue weighted by Crippen LogP contribution is -2.02. The largest absolute Gasteiger partial charge is 0.502 e. The quantitative estimate of drug-likeness (QED) is 0.825. The SMILES string of the molecule is CCOc1ccccc1-c1c(C=O)c(C)c(OC)c(O)c1OC. The molecule has 0 saturated heterocycles. The number of aromatic hydroxyl groups is 1. The van der Waals surface area contributed by atoms with Crippen molar-refractivity contribution in [1.29, 1.82) is 0 Å². The van der Waals surface area contributed by atoms with Gasteiger partial charge in [0, 0.05) is 22.3 Å². The number of carbonyl (C=O) groups is 1. The first-order chi connectivity index (χ1) is 11.1. The number of para-hydroxylation sites is 1. The van der Waals surface area contributed by atoms with Crippen molar-refractivity contribution >= 4 is 6.29 Å². The van der Waals surface area contributed by atoms with Gasteiger partial charge < -0.3 is 19.3 Å². The van der Waals surface area contributed by atoms with E-state index in [1.54, 1.807) is 6.92 Å². The number of carbonyl (C=O) groups excluding carboxylic acids is 1. The smallest absolute Gasteiger partial charge is 0.201 e. The highest BCUT2D eigenvalue weighted by Gasteiger charge is 2.25. The van der Waals surface area contributed by atoms with Gasteiger partial charge >= 0.3 is 0 Å². The monoisotopic (exact) mass is 316 g/mol. The van der Waals surface area contributed by atoms with Crippen LogP contribution in [0, 0.1) is 6.92 Å². The fraction of sp³-hybridized carbons (Fsp3) is 0.278. The molecule has 0 fully saturated rings. The Bertz CT molecular complexity index is 722. The zero-order valence-corrected chi connectivity index (χ0v) is 13.7. The van der Waals surface area contributed by atoms with Crippen LogP contribution in [-0.2, 0) is 0 Å². The summed E-state index contributed by atoms with van der Waals surface area (Å²) in [6.45, 7) is 4.08. The van der Waals surface area contributed by atoms with Crippen LogP contribution < -0.4 is 14.2 Å². The Labute approximate surface area is 135 Å². The molecule has 0 bridgehead atoms. The lowest BCUT2D eigenvalue weighted by Gasteiger charge is -2.20. The number of methoxy groups -OCH3 is 2. The van der Waals surface area contributed by atoms with E-state index in [-0.39, 0.29) is 17.2 Å². The normalized spacial score (nSPS) is 10.3. The van der Waals surface area contributed by atoms with E-state index in [1.807, 2.05) is 31.2 Å². The molecule has 2 rings (SSSR count). The maximum absolute atomic E-state index is 11.7. The van der Waals surface area contributed by atoms with Crippen molar-refractivity contribution in [3.63, 3.8) is 0 Å². The van der Waals surface area contributed by atoms with Crippen molar-refractivity contribution in [3.8, 4) is 34.1 Å². The van der Waals surface area contributed by atoms with Crippen molar-refractivity contribution < 1.29 is 24.1 Å². The van der Waals surface area contributed by atoms with E-state index in [0.717, 1.165) is 6.29 Å². The van der Waals surface area contributed by atoms with Crippen LogP contribution in [-0.4, -0.2) is 32.2 Å². The maximum atomic E-state index is 11.7. The number of phenolic OH excluding ortho intramolecular Hbond substituents is 1. The lowest BCUT2D eigenvalue weighted by molar-refractivity contribution is 0.112. The minimum Gasteiger partial charge on any atom is -0.502 e. The molecule has 122 valence electrons. The molecule has 0 radical (unpaired) electrons. The second kappa shape index (κ2) is 7.05. The number of rotatable bonds is 6. The van der Waals surface area contributed by atoms with Gasteiger partial charge in [-0.3, -0.25) is 4.79 Å². The second-order valence-electron chi connectivity index (χ2n) is 4.88. The van der Waals surface area contributed by atoms with Crippen LogP contribution in [0.2, 0.25) is 0 Å². The zero-order valence-electron chi connectivity index (χ0n) is 13.7. The van der Waals surface area contributed by atoms with Gasteiger partial charge in [-0.05, 0) is 19.9 Å². The summed E-state index contributed by atoms with van der Waals surface area (Å²) in [7, 11) is 2.87. The fourth-order valence-corrected chi connectivity index (χ4v) is 2.65. The summed E-state index contributed by atoms with van der Waals surface area (Å²) >= 11 is 0. The molecule has 2 aromatic rings. The summed E-state index contributed by atoms with van der Waals surface area (Å²) in [6.07, 6.45) is 0.734. The third-order valence-electron chi connectivity index (χ3n) is 3.65. The van der Waals surface area contributed by atoms with Crippen LogP contribution in [0.5, 0.6) is 23.0 Å². The van der Waals surface area contributed by atoms with Crippen LogP contribution in [0.25, 0.3) is 11.1 Å². The molecule has 5 nitrogen and oxygen atoms in total. The standard InChI is InChI=1S/C18H20O5/c1-5-23-14-9-7-6-8-12(14)15-13(10-19)11(2)17(21-3)16(20)18(15)22-4/h6-10,20H,5H2,1-4H3. The van der Waals surface area contributed by atoms with E-state index in [4.69, 9.17) is 14.2 Å². The topological polar surface area (TPSA) is 65.0 Å². The first-order valence-corrected chi connectivity index (χ1v) is 7.25. The molecule has 0 amide bonds. The van der Waals surface area contributed by atoms with Crippen molar-refractivity contribution in [2.45, 2.75) is 13.8 Å². The van der Waals surface area contributed by atoms with Crippen LogP contribution in [0.15, 0.2) is 24.3 Å².